The molecule has 1 saturated heterocycles. The number of thioether (sulfide) groups is 1. The Balaban J connectivity index is 1.48. The molecule has 0 radical (unpaired) electrons. The molecule has 1 fully saturated rings. The van der Waals surface area contributed by atoms with E-state index in [1.54, 1.807) is 49.9 Å². The summed E-state index contributed by atoms with van der Waals surface area (Å²) in [4.78, 5) is 52.3. The van der Waals surface area contributed by atoms with Crippen LogP contribution in [0.3, 0.4) is 0 Å². The van der Waals surface area contributed by atoms with Gasteiger partial charge in [0.25, 0.3) is 0 Å². The van der Waals surface area contributed by atoms with Gasteiger partial charge in [-0.1, -0.05) is 51.1 Å². The Labute approximate surface area is 210 Å². The summed E-state index contributed by atoms with van der Waals surface area (Å²) in [5.41, 5.74) is 0.520. The number of hydrogen-bond acceptors (Lipinski definition) is 6. The normalized spacial score (nSPS) is 14.3. The number of carbonyl (C=O) groups excluding carboxylic acids is 4. The van der Waals surface area contributed by atoms with Gasteiger partial charge in [-0.25, -0.2) is 4.79 Å². The van der Waals surface area contributed by atoms with E-state index in [0.29, 0.717) is 36.4 Å². The second-order valence-corrected chi connectivity index (χ2v) is 10.6. The van der Waals surface area contributed by atoms with Gasteiger partial charge >= 0.3 is 5.97 Å². The van der Waals surface area contributed by atoms with Crippen molar-refractivity contribution in [2.24, 2.45) is 11.3 Å². The average Bonchev–Trinajstić information content (AvgIpc) is 2.85. The molecule has 8 heteroatoms. The number of nitrogens with zero attached hydrogens (tertiary/aromatic N) is 1. The number of Topliss-reactive ketones (excluding diaryl/α,β-unsaturated/α-hetero) is 1. The monoisotopic (exact) mass is 496 g/mol. The number of ketones is 1. The molecule has 35 heavy (non-hydrogen) atoms. The molecule has 3 rings (SSSR count). The van der Waals surface area contributed by atoms with Crippen LogP contribution in [0.4, 0.5) is 5.69 Å². The van der Waals surface area contributed by atoms with E-state index in [-0.39, 0.29) is 35.9 Å². The summed E-state index contributed by atoms with van der Waals surface area (Å²) in [6.45, 7) is 6.08. The lowest BCUT2D eigenvalue weighted by molar-refractivity contribution is -0.132. The molecule has 0 unspecified atom stereocenters. The minimum absolute atomic E-state index is 0.0185. The molecule has 0 spiro atoms. The molecule has 0 aromatic heterocycles. The van der Waals surface area contributed by atoms with Crippen molar-refractivity contribution in [2.45, 2.75) is 38.5 Å². The molecule has 1 N–H and O–H groups in total. The van der Waals surface area contributed by atoms with Gasteiger partial charge in [-0.3, -0.25) is 14.4 Å². The Bertz CT molecular complexity index is 1060. The van der Waals surface area contributed by atoms with Gasteiger partial charge in [0.1, 0.15) is 0 Å². The predicted molar refractivity (Wildman–Crippen MR) is 136 cm³/mol. The predicted octanol–water partition coefficient (Wildman–Crippen LogP) is 4.43. The number of amides is 2. The smallest absolute Gasteiger partial charge is 0.339 e. The van der Waals surface area contributed by atoms with E-state index in [9.17, 15) is 19.2 Å². The highest BCUT2D eigenvalue weighted by atomic mass is 32.2. The third kappa shape index (κ3) is 7.68. The minimum atomic E-state index is -0.587. The van der Waals surface area contributed by atoms with Gasteiger partial charge in [0.15, 0.2) is 12.4 Å². The standard InChI is InChI=1S/C27H32N2O5S/c1-27(2,3)23(30)17-34-26(33)21-11-7-8-12-22(21)35-18-24(31)29-15-13-19(14-16-29)25(32)28-20-9-5-4-6-10-20/h4-12,19H,13-18H2,1-3H3,(H,28,32). The molecule has 1 aliphatic heterocycles. The van der Waals surface area contributed by atoms with Crippen LogP contribution in [-0.4, -0.2) is 53.9 Å². The van der Waals surface area contributed by atoms with Crippen LogP contribution in [0.15, 0.2) is 59.5 Å². The molecule has 2 amide bonds. The molecule has 2 aromatic rings. The molecule has 0 aliphatic carbocycles. The summed E-state index contributed by atoms with van der Waals surface area (Å²) in [7, 11) is 0. The quantitative estimate of drug-likeness (QED) is 0.429. The Kier molecular flexibility index (Phi) is 9.09. The van der Waals surface area contributed by atoms with Crippen LogP contribution in [0.25, 0.3) is 0 Å². The fourth-order valence-corrected chi connectivity index (χ4v) is 4.52. The van der Waals surface area contributed by atoms with Gasteiger partial charge in [0, 0.05) is 35.0 Å². The zero-order valence-corrected chi connectivity index (χ0v) is 21.2. The van der Waals surface area contributed by atoms with Crippen LogP contribution in [0.1, 0.15) is 44.0 Å². The number of para-hydroxylation sites is 1. The second-order valence-electron chi connectivity index (χ2n) is 9.54. The lowest BCUT2D eigenvalue weighted by Crippen LogP contribution is -2.42. The summed E-state index contributed by atoms with van der Waals surface area (Å²) in [5, 5.41) is 2.93. The number of benzene rings is 2. The van der Waals surface area contributed by atoms with Crippen molar-refractivity contribution in [2.75, 3.05) is 30.8 Å². The van der Waals surface area contributed by atoms with E-state index in [4.69, 9.17) is 4.74 Å². The Morgan fingerprint density at radius 3 is 2.26 bits per heavy atom. The summed E-state index contributed by atoms with van der Waals surface area (Å²) in [6, 6.07) is 16.3. The highest BCUT2D eigenvalue weighted by Crippen LogP contribution is 2.26. The van der Waals surface area contributed by atoms with Crippen molar-refractivity contribution in [3.8, 4) is 0 Å². The maximum absolute atomic E-state index is 12.8. The minimum Gasteiger partial charge on any atom is -0.454 e. The second kappa shape index (κ2) is 12.0. The van der Waals surface area contributed by atoms with Crippen LogP contribution in [0, 0.1) is 11.3 Å². The fraction of sp³-hybridized carbons (Fsp3) is 0.407. The number of esters is 1. The van der Waals surface area contributed by atoms with E-state index in [2.05, 4.69) is 5.32 Å². The number of likely N-dealkylation sites (tertiary alicyclic amines) is 1. The highest BCUT2D eigenvalue weighted by molar-refractivity contribution is 8.00. The SMILES string of the molecule is CC(C)(C)C(=O)COC(=O)c1ccccc1SCC(=O)N1CCC(C(=O)Nc2ccccc2)CC1. The number of piperidine rings is 1. The van der Waals surface area contributed by atoms with Crippen molar-refractivity contribution in [1.29, 1.82) is 0 Å². The van der Waals surface area contributed by atoms with Crippen molar-refractivity contribution in [1.82, 2.24) is 4.90 Å². The first-order valence-electron chi connectivity index (χ1n) is 11.7. The van der Waals surface area contributed by atoms with Crippen molar-refractivity contribution in [3.63, 3.8) is 0 Å². The van der Waals surface area contributed by atoms with Crippen LogP contribution in [0.5, 0.6) is 0 Å². The van der Waals surface area contributed by atoms with Gasteiger partial charge < -0.3 is 15.0 Å². The molecule has 1 heterocycles. The topological polar surface area (TPSA) is 92.8 Å². The number of carbonyl (C=O) groups is 4. The van der Waals surface area contributed by atoms with Crippen molar-refractivity contribution >= 4 is 41.0 Å². The first-order valence-corrected chi connectivity index (χ1v) is 12.7. The fourth-order valence-electron chi connectivity index (χ4n) is 3.57. The Morgan fingerprint density at radius 2 is 1.60 bits per heavy atom. The Morgan fingerprint density at radius 1 is 0.971 bits per heavy atom. The number of anilines is 1. The van der Waals surface area contributed by atoms with Gasteiger partial charge in [0.05, 0.1) is 11.3 Å². The first-order chi connectivity index (χ1) is 16.6. The highest BCUT2D eigenvalue weighted by Gasteiger charge is 2.28. The van der Waals surface area contributed by atoms with Crippen LogP contribution < -0.4 is 5.32 Å². The van der Waals surface area contributed by atoms with Crippen LogP contribution in [0.2, 0.25) is 0 Å². The number of hydrogen-bond donors (Lipinski definition) is 1. The van der Waals surface area contributed by atoms with Gasteiger partial charge in [0.2, 0.25) is 11.8 Å². The summed E-state index contributed by atoms with van der Waals surface area (Å²) < 4.78 is 5.22. The lowest BCUT2D eigenvalue weighted by atomic mass is 9.91. The third-order valence-electron chi connectivity index (χ3n) is 5.89. The molecule has 0 atom stereocenters. The van der Waals surface area contributed by atoms with E-state index in [1.165, 1.54) is 11.8 Å². The van der Waals surface area contributed by atoms with Gasteiger partial charge in [-0.05, 0) is 37.1 Å². The summed E-state index contributed by atoms with van der Waals surface area (Å²) in [5.74, 6) is -0.752. The molecular weight excluding hydrogens is 464 g/mol. The maximum Gasteiger partial charge on any atom is 0.339 e. The first kappa shape index (κ1) is 26.5. The number of rotatable bonds is 8. The van der Waals surface area contributed by atoms with Crippen molar-refractivity contribution < 1.29 is 23.9 Å². The van der Waals surface area contributed by atoms with Crippen LogP contribution in [-0.2, 0) is 19.1 Å². The van der Waals surface area contributed by atoms with Crippen molar-refractivity contribution in [3.05, 3.63) is 60.2 Å². The molecule has 186 valence electrons. The number of ether oxygens (including phenoxy) is 1. The van der Waals surface area contributed by atoms with Gasteiger partial charge in [-0.2, -0.15) is 0 Å². The van der Waals surface area contributed by atoms with Gasteiger partial charge in [-0.15, -0.1) is 11.8 Å². The summed E-state index contributed by atoms with van der Waals surface area (Å²) in [6.07, 6.45) is 1.22. The van der Waals surface area contributed by atoms with E-state index in [0.717, 1.165) is 5.69 Å². The lowest BCUT2D eigenvalue weighted by Gasteiger charge is -2.31. The molecule has 2 aromatic carbocycles. The zero-order chi connectivity index (χ0) is 25.4. The summed E-state index contributed by atoms with van der Waals surface area (Å²) >= 11 is 1.27. The Hall–Kier alpha value is -3.13. The zero-order valence-electron chi connectivity index (χ0n) is 20.4. The van der Waals surface area contributed by atoms with Crippen LogP contribution >= 0.6 is 11.8 Å². The molecule has 0 saturated carbocycles. The van der Waals surface area contributed by atoms with E-state index >= 15 is 0 Å². The third-order valence-corrected chi connectivity index (χ3v) is 6.95. The molecule has 0 bridgehead atoms. The van der Waals surface area contributed by atoms with E-state index in [1.807, 2.05) is 30.3 Å². The van der Waals surface area contributed by atoms with E-state index < -0.39 is 11.4 Å². The average molecular weight is 497 g/mol. The maximum atomic E-state index is 12.8. The largest absolute Gasteiger partial charge is 0.454 e. The molecular formula is C27H32N2O5S. The molecule has 1 aliphatic rings. The molecule has 7 nitrogen and oxygen atoms in total. The number of nitrogens with one attached hydrogen (secondary N) is 1.